The van der Waals surface area contributed by atoms with E-state index in [-0.39, 0.29) is 30.4 Å². The first-order valence-corrected chi connectivity index (χ1v) is 7.74. The molecule has 0 aliphatic heterocycles. The van der Waals surface area contributed by atoms with Crippen molar-refractivity contribution >= 4 is 22.4 Å². The third-order valence-electron chi connectivity index (χ3n) is 2.98. The number of aromatic nitrogens is 2. The molecule has 2 aromatic rings. The number of rotatable bonds is 6. The Kier molecular flexibility index (Phi) is 6.35. The van der Waals surface area contributed by atoms with Gasteiger partial charge in [-0.25, -0.2) is 8.42 Å². The maximum Gasteiger partial charge on any atom is 0.246 e. The fourth-order valence-corrected chi connectivity index (χ4v) is 3.52. The fourth-order valence-electron chi connectivity index (χ4n) is 1.95. The quantitative estimate of drug-likeness (QED) is 0.834. The molecule has 1 aromatic carbocycles. The van der Waals surface area contributed by atoms with Crippen molar-refractivity contribution in [3.63, 3.8) is 0 Å². The Hall–Kier alpha value is -1.41. The molecule has 116 valence electrons. The minimum atomic E-state index is -3.59. The molecule has 0 bridgehead atoms. The van der Waals surface area contributed by atoms with Gasteiger partial charge in [0.2, 0.25) is 10.0 Å². The van der Waals surface area contributed by atoms with E-state index in [0.717, 1.165) is 5.56 Å². The number of nitrogens with two attached hydrogens (primary N) is 1. The standard InChI is InChI=1S/C13H18N4O2S.ClH/c1-11-13(9-15-16-11)20(18,19)17(8-7-14)10-12-5-3-2-4-6-12;/h2-6,9H,7-8,10,14H2,1H3,(H,15,16);1H. The van der Waals surface area contributed by atoms with Crippen molar-refractivity contribution in [2.75, 3.05) is 13.1 Å². The third kappa shape index (κ3) is 4.04. The molecule has 21 heavy (non-hydrogen) atoms. The Labute approximate surface area is 130 Å². The highest BCUT2D eigenvalue weighted by molar-refractivity contribution is 7.89. The average molecular weight is 331 g/mol. The van der Waals surface area contributed by atoms with Crippen LogP contribution in [0, 0.1) is 6.92 Å². The van der Waals surface area contributed by atoms with Gasteiger partial charge in [0.05, 0.1) is 11.9 Å². The largest absolute Gasteiger partial charge is 0.329 e. The molecule has 0 radical (unpaired) electrons. The van der Waals surface area contributed by atoms with Gasteiger partial charge in [-0.05, 0) is 12.5 Å². The van der Waals surface area contributed by atoms with Gasteiger partial charge in [0.15, 0.2) is 0 Å². The van der Waals surface area contributed by atoms with E-state index in [1.165, 1.54) is 10.5 Å². The number of aromatic amines is 1. The summed E-state index contributed by atoms with van der Waals surface area (Å²) in [4.78, 5) is 0.196. The molecule has 0 spiro atoms. The fraction of sp³-hybridized carbons (Fsp3) is 0.308. The Balaban J connectivity index is 0.00000220. The lowest BCUT2D eigenvalue weighted by molar-refractivity contribution is 0.413. The maximum absolute atomic E-state index is 12.6. The summed E-state index contributed by atoms with van der Waals surface area (Å²) >= 11 is 0. The summed E-state index contributed by atoms with van der Waals surface area (Å²) in [5, 5.41) is 6.42. The molecule has 0 saturated heterocycles. The topological polar surface area (TPSA) is 92.1 Å². The van der Waals surface area contributed by atoms with Gasteiger partial charge in [-0.15, -0.1) is 12.4 Å². The summed E-state index contributed by atoms with van der Waals surface area (Å²) in [6.07, 6.45) is 1.33. The number of benzene rings is 1. The van der Waals surface area contributed by atoms with E-state index in [9.17, 15) is 8.42 Å². The summed E-state index contributed by atoms with van der Waals surface area (Å²) in [5.74, 6) is 0. The first-order valence-electron chi connectivity index (χ1n) is 6.30. The first kappa shape index (κ1) is 17.6. The molecule has 1 aromatic heterocycles. The van der Waals surface area contributed by atoms with Gasteiger partial charge in [0.1, 0.15) is 4.90 Å². The van der Waals surface area contributed by atoms with Crippen molar-refractivity contribution in [1.82, 2.24) is 14.5 Å². The second kappa shape index (κ2) is 7.56. The molecule has 0 aliphatic carbocycles. The van der Waals surface area contributed by atoms with Crippen LogP contribution >= 0.6 is 12.4 Å². The molecule has 0 amide bonds. The van der Waals surface area contributed by atoms with Crippen LogP contribution in [0.4, 0.5) is 0 Å². The van der Waals surface area contributed by atoms with Gasteiger partial charge in [0.25, 0.3) is 0 Å². The van der Waals surface area contributed by atoms with Crippen LogP contribution in [0.15, 0.2) is 41.4 Å². The van der Waals surface area contributed by atoms with E-state index < -0.39 is 10.0 Å². The van der Waals surface area contributed by atoms with E-state index in [1.54, 1.807) is 6.92 Å². The third-order valence-corrected chi connectivity index (χ3v) is 4.94. The van der Waals surface area contributed by atoms with E-state index in [4.69, 9.17) is 5.73 Å². The summed E-state index contributed by atoms with van der Waals surface area (Å²) in [7, 11) is -3.59. The Morgan fingerprint density at radius 2 is 1.95 bits per heavy atom. The molecule has 0 fully saturated rings. The molecular formula is C13H19ClN4O2S. The molecule has 0 unspecified atom stereocenters. The number of sulfonamides is 1. The zero-order valence-electron chi connectivity index (χ0n) is 11.7. The van der Waals surface area contributed by atoms with Crippen LogP contribution in [0.2, 0.25) is 0 Å². The van der Waals surface area contributed by atoms with Crippen molar-refractivity contribution < 1.29 is 8.42 Å². The van der Waals surface area contributed by atoms with Gasteiger partial charge in [-0.2, -0.15) is 9.40 Å². The lowest BCUT2D eigenvalue weighted by Gasteiger charge is -2.21. The highest BCUT2D eigenvalue weighted by atomic mass is 35.5. The summed E-state index contributed by atoms with van der Waals surface area (Å²) in [6.45, 7) is 2.51. The Morgan fingerprint density at radius 1 is 1.29 bits per heavy atom. The van der Waals surface area contributed by atoms with Gasteiger partial charge in [0, 0.05) is 19.6 Å². The summed E-state index contributed by atoms with van der Waals surface area (Å²) in [5.41, 5.74) is 6.99. The number of nitrogens with zero attached hydrogens (tertiary/aromatic N) is 2. The van der Waals surface area contributed by atoms with Crippen LogP contribution in [0.1, 0.15) is 11.3 Å². The number of halogens is 1. The Bertz CT molecular complexity index is 658. The molecule has 0 saturated carbocycles. The number of aryl methyl sites for hydroxylation is 1. The van der Waals surface area contributed by atoms with Crippen molar-refractivity contribution in [3.8, 4) is 0 Å². The molecule has 2 rings (SSSR count). The number of nitrogens with one attached hydrogen (secondary N) is 1. The molecule has 1 heterocycles. The summed E-state index contributed by atoms with van der Waals surface area (Å²) < 4.78 is 26.6. The average Bonchev–Trinajstić information content (AvgIpc) is 2.86. The molecule has 3 N–H and O–H groups in total. The molecule has 8 heteroatoms. The van der Waals surface area contributed by atoms with Crippen LogP contribution < -0.4 is 5.73 Å². The van der Waals surface area contributed by atoms with Crippen molar-refractivity contribution in [3.05, 3.63) is 47.8 Å². The van der Waals surface area contributed by atoms with Gasteiger partial charge < -0.3 is 5.73 Å². The van der Waals surface area contributed by atoms with Gasteiger partial charge in [-0.1, -0.05) is 30.3 Å². The zero-order chi connectivity index (χ0) is 14.6. The van der Waals surface area contributed by atoms with Crippen LogP contribution in [0.5, 0.6) is 0 Å². The smallest absolute Gasteiger partial charge is 0.246 e. The lowest BCUT2D eigenvalue weighted by Crippen LogP contribution is -2.35. The van der Waals surface area contributed by atoms with Crippen LogP contribution in [0.3, 0.4) is 0 Å². The highest BCUT2D eigenvalue weighted by Gasteiger charge is 2.26. The van der Waals surface area contributed by atoms with E-state index in [1.807, 2.05) is 30.3 Å². The zero-order valence-corrected chi connectivity index (χ0v) is 13.3. The van der Waals surface area contributed by atoms with Crippen molar-refractivity contribution in [2.45, 2.75) is 18.4 Å². The molecule has 0 atom stereocenters. The highest BCUT2D eigenvalue weighted by Crippen LogP contribution is 2.19. The monoisotopic (exact) mass is 330 g/mol. The number of H-pyrrole nitrogens is 1. The second-order valence-corrected chi connectivity index (χ2v) is 6.38. The van der Waals surface area contributed by atoms with Gasteiger partial charge in [-0.3, -0.25) is 5.10 Å². The lowest BCUT2D eigenvalue weighted by atomic mass is 10.2. The molecule has 0 aliphatic rings. The Morgan fingerprint density at radius 3 is 2.48 bits per heavy atom. The summed E-state index contributed by atoms with van der Waals surface area (Å²) in [6, 6.07) is 9.44. The number of hydrogen-bond donors (Lipinski definition) is 2. The maximum atomic E-state index is 12.6. The first-order chi connectivity index (χ1) is 9.55. The normalized spacial score (nSPS) is 11.4. The predicted octanol–water partition coefficient (Wildman–Crippen LogP) is 1.29. The minimum Gasteiger partial charge on any atom is -0.329 e. The van der Waals surface area contributed by atoms with Crippen LogP contribution in [-0.2, 0) is 16.6 Å². The van der Waals surface area contributed by atoms with E-state index in [2.05, 4.69) is 10.2 Å². The number of hydrogen-bond acceptors (Lipinski definition) is 4. The van der Waals surface area contributed by atoms with Crippen molar-refractivity contribution in [1.29, 1.82) is 0 Å². The van der Waals surface area contributed by atoms with E-state index in [0.29, 0.717) is 12.2 Å². The van der Waals surface area contributed by atoms with Crippen LogP contribution in [0.25, 0.3) is 0 Å². The minimum absolute atomic E-state index is 0. The SMILES string of the molecule is Cc1[nH]ncc1S(=O)(=O)N(CCN)Cc1ccccc1.Cl. The molecule has 6 nitrogen and oxygen atoms in total. The second-order valence-electron chi connectivity index (χ2n) is 4.47. The van der Waals surface area contributed by atoms with Crippen LogP contribution in [-0.4, -0.2) is 36.0 Å². The van der Waals surface area contributed by atoms with Crippen molar-refractivity contribution in [2.24, 2.45) is 5.73 Å². The van der Waals surface area contributed by atoms with Gasteiger partial charge >= 0.3 is 0 Å². The predicted molar refractivity (Wildman–Crippen MR) is 83.7 cm³/mol. The molecular weight excluding hydrogens is 312 g/mol. The van der Waals surface area contributed by atoms with E-state index >= 15 is 0 Å².